The highest BCUT2D eigenvalue weighted by molar-refractivity contribution is 7.99. The third-order valence-electron chi connectivity index (χ3n) is 10.7. The van der Waals surface area contributed by atoms with Gasteiger partial charge in [-0.15, -0.1) is 11.8 Å². The number of amides is 1. The summed E-state index contributed by atoms with van der Waals surface area (Å²) in [5.74, 6) is 0.121. The van der Waals surface area contributed by atoms with Crippen LogP contribution in [0.1, 0.15) is 73.9 Å². The molecule has 2 saturated heterocycles. The number of phenols is 1. The Hall–Kier alpha value is -4.51. The summed E-state index contributed by atoms with van der Waals surface area (Å²) in [7, 11) is 3.43. The minimum Gasteiger partial charge on any atom is -0.504 e. The van der Waals surface area contributed by atoms with Crippen molar-refractivity contribution in [1.82, 2.24) is 20.3 Å². The van der Waals surface area contributed by atoms with Gasteiger partial charge in [0.1, 0.15) is 30.4 Å². The highest BCUT2D eigenvalue weighted by Crippen LogP contribution is 2.63. The Morgan fingerprint density at radius 1 is 1.08 bits per heavy atom. The first kappa shape index (κ1) is 33.6. The lowest BCUT2D eigenvalue weighted by atomic mass is 9.73. The first-order chi connectivity index (χ1) is 24.4. The van der Waals surface area contributed by atoms with Crippen LogP contribution in [0.2, 0.25) is 0 Å². The van der Waals surface area contributed by atoms with E-state index in [0.29, 0.717) is 51.7 Å². The number of carbonyl (C=O) groups excluding carboxylic acids is 3. The van der Waals surface area contributed by atoms with Gasteiger partial charge in [0.2, 0.25) is 6.79 Å². The number of thioether (sulfide) groups is 1. The molecule has 2 fully saturated rings. The second-order valence-corrected chi connectivity index (χ2v) is 14.7. The molecule has 0 radical (unpaired) electrons. The van der Waals surface area contributed by atoms with Gasteiger partial charge < -0.3 is 43.7 Å². The maximum atomic E-state index is 13.7. The van der Waals surface area contributed by atoms with Crippen LogP contribution in [-0.4, -0.2) is 101 Å². The van der Waals surface area contributed by atoms with Crippen molar-refractivity contribution in [2.45, 2.75) is 75.8 Å². The van der Waals surface area contributed by atoms with Crippen molar-refractivity contribution in [3.63, 3.8) is 0 Å². The van der Waals surface area contributed by atoms with Crippen LogP contribution in [0.4, 0.5) is 0 Å². The number of aromatic hydroxyl groups is 1. The second-order valence-electron chi connectivity index (χ2n) is 13.6. The molecule has 7 heterocycles. The third-order valence-corrected chi connectivity index (χ3v) is 12.1. The summed E-state index contributed by atoms with van der Waals surface area (Å²) in [5.41, 5.74) is 4.10. The van der Waals surface area contributed by atoms with Crippen LogP contribution >= 0.6 is 11.8 Å². The molecule has 0 spiro atoms. The van der Waals surface area contributed by atoms with Crippen molar-refractivity contribution in [2.75, 3.05) is 33.3 Å². The van der Waals surface area contributed by atoms with Crippen LogP contribution in [0.25, 0.3) is 0 Å². The number of benzene rings is 2. The molecule has 0 saturated carbocycles. The summed E-state index contributed by atoms with van der Waals surface area (Å²) in [6, 6.07) is 0.0445. The van der Waals surface area contributed by atoms with E-state index in [1.54, 1.807) is 13.8 Å². The van der Waals surface area contributed by atoms with Crippen LogP contribution in [0.3, 0.4) is 0 Å². The number of aliphatic hydroxyl groups excluding tert-OH is 1. The minimum absolute atomic E-state index is 0.0129. The van der Waals surface area contributed by atoms with Gasteiger partial charge in [-0.3, -0.25) is 19.4 Å². The number of hydrogen-bond donors (Lipinski definition) is 3. The number of methoxy groups -OCH3 is 1. The Kier molecular flexibility index (Phi) is 8.12. The lowest BCUT2D eigenvalue weighted by Crippen LogP contribution is -2.69. The van der Waals surface area contributed by atoms with Crippen molar-refractivity contribution >= 4 is 29.6 Å². The summed E-state index contributed by atoms with van der Waals surface area (Å²) in [6.45, 7) is 6.31. The summed E-state index contributed by atoms with van der Waals surface area (Å²) < 4.78 is 34.8. The standard InChI is InChI=1S/C35H38N4O11S/c1-13-7-17-9-20-34(43)39-21-10-46-35(44)19(36-33(42)18-8-14(2)50-37-18)11-51-32(26(39)25(38(20)5)22(17)27(41)28(13)45-6)24-23(21)31-30(47-12-48-31)15(3)29(24)49-16(4)40/h7-8,19-21,25-26,32,34,41,43H,9-12H2,1-6H3,(H,36,42)/t19?,20-,21-,25+,26+,32+,34-/m0/s1. The number of aromatic nitrogens is 1. The fraction of sp³-hybridized carbons (Fsp3) is 0.486. The molecule has 15 nitrogen and oxygen atoms in total. The van der Waals surface area contributed by atoms with E-state index in [1.807, 2.05) is 24.9 Å². The predicted octanol–water partition coefficient (Wildman–Crippen LogP) is 2.75. The number of likely N-dealkylation sites (N-methyl/N-ethyl adjacent to an activating group) is 1. The van der Waals surface area contributed by atoms with Gasteiger partial charge in [-0.25, -0.2) is 4.79 Å². The zero-order valence-corrected chi connectivity index (χ0v) is 29.7. The molecule has 1 aromatic heterocycles. The smallest absolute Gasteiger partial charge is 0.329 e. The molecule has 2 aromatic carbocycles. The largest absolute Gasteiger partial charge is 0.504 e. The summed E-state index contributed by atoms with van der Waals surface area (Å²) >= 11 is 1.34. The van der Waals surface area contributed by atoms with Crippen LogP contribution in [-0.2, 0) is 20.7 Å². The third kappa shape index (κ3) is 5.05. The van der Waals surface area contributed by atoms with Gasteiger partial charge >= 0.3 is 11.9 Å². The number of rotatable bonds is 4. The Balaban J connectivity index is 1.34. The minimum atomic E-state index is -1.10. The molecule has 270 valence electrons. The molecule has 3 N–H and O–H groups in total. The molecule has 51 heavy (non-hydrogen) atoms. The molecule has 3 aromatic rings. The quantitative estimate of drug-likeness (QED) is 0.264. The zero-order valence-electron chi connectivity index (χ0n) is 28.8. The number of hydrogen-bond acceptors (Lipinski definition) is 15. The van der Waals surface area contributed by atoms with Crippen molar-refractivity contribution in [3.05, 3.63) is 57.0 Å². The number of fused-ring (bicyclic) bond motifs is 10. The number of nitrogens with one attached hydrogen (secondary N) is 1. The number of ether oxygens (including phenoxy) is 5. The number of nitrogens with zero attached hydrogens (tertiary/aromatic N) is 3. The average Bonchev–Trinajstić information content (AvgIpc) is 3.76. The van der Waals surface area contributed by atoms with Gasteiger partial charge in [0.15, 0.2) is 28.7 Å². The van der Waals surface area contributed by atoms with E-state index in [-0.39, 0.29) is 36.3 Å². The second kappa shape index (κ2) is 12.3. The topological polar surface area (TPSA) is 182 Å². The monoisotopic (exact) mass is 722 g/mol. The number of esters is 2. The van der Waals surface area contributed by atoms with E-state index in [2.05, 4.69) is 15.4 Å². The normalized spacial score (nSPS) is 27.9. The van der Waals surface area contributed by atoms with E-state index in [9.17, 15) is 24.6 Å². The van der Waals surface area contributed by atoms with Crippen LogP contribution in [0, 0.1) is 20.8 Å². The molecule has 1 unspecified atom stereocenters. The predicted molar refractivity (Wildman–Crippen MR) is 179 cm³/mol. The number of carbonyl (C=O) groups is 3. The van der Waals surface area contributed by atoms with Crippen molar-refractivity contribution in [3.8, 4) is 28.7 Å². The number of piperazine rings is 1. The highest BCUT2D eigenvalue weighted by Gasteiger charge is 2.60. The first-order valence-electron chi connectivity index (χ1n) is 16.6. The molecule has 6 aliphatic rings. The van der Waals surface area contributed by atoms with E-state index < -0.39 is 59.5 Å². The molecular formula is C35H38N4O11S. The van der Waals surface area contributed by atoms with E-state index in [0.717, 1.165) is 11.1 Å². The van der Waals surface area contributed by atoms with E-state index >= 15 is 0 Å². The van der Waals surface area contributed by atoms with Gasteiger partial charge in [-0.1, -0.05) is 11.2 Å². The Bertz CT molecular complexity index is 1980. The fourth-order valence-electron chi connectivity index (χ4n) is 8.58. The van der Waals surface area contributed by atoms with E-state index in [4.69, 9.17) is 28.2 Å². The van der Waals surface area contributed by atoms with Crippen LogP contribution in [0.15, 0.2) is 16.7 Å². The van der Waals surface area contributed by atoms with Gasteiger partial charge in [0.05, 0.1) is 30.5 Å². The average molecular weight is 723 g/mol. The Labute approximate surface area is 297 Å². The summed E-state index contributed by atoms with van der Waals surface area (Å²) in [4.78, 5) is 43.7. The molecule has 9 rings (SSSR count). The fourth-order valence-corrected chi connectivity index (χ4v) is 10.1. The molecule has 1 amide bonds. The van der Waals surface area contributed by atoms with Crippen LogP contribution in [0.5, 0.6) is 28.7 Å². The summed E-state index contributed by atoms with van der Waals surface area (Å²) in [6.07, 6.45) is -0.627. The molecular weight excluding hydrogens is 684 g/mol. The Morgan fingerprint density at radius 2 is 1.84 bits per heavy atom. The van der Waals surface area contributed by atoms with E-state index in [1.165, 1.54) is 31.9 Å². The molecule has 16 heteroatoms. The van der Waals surface area contributed by atoms with Gasteiger partial charge in [0.25, 0.3) is 5.91 Å². The SMILES string of the molecule is COc1c(C)cc2c(c1O)[C@@H]1[C@@H]3[C@@H]4SCC(NC(=O)c5cc(C)on5)C(=O)OC[C@@H](c5c6c(c(C)c(OC(C)=O)c54)OCO6)N3[C@@H](O)[C@H](C2)N1C. The molecule has 7 atom stereocenters. The van der Waals surface area contributed by atoms with Crippen molar-refractivity contribution in [2.24, 2.45) is 0 Å². The van der Waals surface area contributed by atoms with Crippen LogP contribution < -0.4 is 24.3 Å². The maximum absolute atomic E-state index is 13.7. The maximum Gasteiger partial charge on any atom is 0.329 e. The lowest BCUT2D eigenvalue weighted by Gasteiger charge is -2.62. The lowest BCUT2D eigenvalue weighted by molar-refractivity contribution is -0.184. The molecule has 6 aliphatic heterocycles. The summed E-state index contributed by atoms with van der Waals surface area (Å²) in [5, 5.41) is 30.2. The number of aryl methyl sites for hydroxylation is 2. The zero-order chi connectivity index (χ0) is 36.0. The van der Waals surface area contributed by atoms with Gasteiger partial charge in [0, 0.05) is 47.0 Å². The first-order valence-corrected chi connectivity index (χ1v) is 17.7. The van der Waals surface area contributed by atoms with Crippen molar-refractivity contribution in [1.29, 1.82) is 0 Å². The highest BCUT2D eigenvalue weighted by atomic mass is 32.2. The Morgan fingerprint density at radius 3 is 2.55 bits per heavy atom. The number of aliphatic hydroxyl groups is 1. The number of phenolic OH excluding ortho intramolecular Hbond substituents is 1. The van der Waals surface area contributed by atoms with Crippen molar-refractivity contribution < 1.29 is 52.8 Å². The van der Waals surface area contributed by atoms with Gasteiger partial charge in [-0.2, -0.15) is 0 Å². The molecule has 0 aliphatic carbocycles. The molecule has 4 bridgehead atoms. The van der Waals surface area contributed by atoms with Gasteiger partial charge in [-0.05, 0) is 45.4 Å².